The summed E-state index contributed by atoms with van der Waals surface area (Å²) in [4.78, 5) is 2.49. The molecule has 2 fully saturated rings. The molecule has 6 nitrogen and oxygen atoms in total. The Bertz CT molecular complexity index is 648. The highest BCUT2D eigenvalue weighted by atomic mass is 31.2. The van der Waals surface area contributed by atoms with Gasteiger partial charge in [-0.3, -0.25) is 4.90 Å². The first-order valence-corrected chi connectivity index (χ1v) is 10.8. The zero-order chi connectivity index (χ0) is 16.6. The first-order valence-electron chi connectivity index (χ1n) is 8.76. The van der Waals surface area contributed by atoms with Gasteiger partial charge < -0.3 is 24.5 Å². The topological polar surface area (TPSA) is 74.0 Å². The van der Waals surface area contributed by atoms with Crippen molar-refractivity contribution in [2.45, 2.75) is 18.9 Å². The van der Waals surface area contributed by atoms with Crippen molar-refractivity contribution in [1.82, 2.24) is 4.90 Å². The van der Waals surface area contributed by atoms with E-state index in [-0.39, 0.29) is 0 Å². The Morgan fingerprint density at radius 3 is 2.38 bits per heavy atom. The standard InChI is InChI=1S/C17H25N2O4P/c18-14-1-2-15(17-16(14)22-9-10-23-17)24(20)11-5-19(6-12-24)13-3-7-21-8-4-13/h1-2,13H,3-12,18H2. The van der Waals surface area contributed by atoms with Gasteiger partial charge >= 0.3 is 0 Å². The van der Waals surface area contributed by atoms with Gasteiger partial charge in [-0.05, 0) is 25.0 Å². The summed E-state index contributed by atoms with van der Waals surface area (Å²) >= 11 is 0. The lowest BCUT2D eigenvalue weighted by atomic mass is 10.1. The molecule has 132 valence electrons. The summed E-state index contributed by atoms with van der Waals surface area (Å²) in [6.45, 7) is 4.41. The van der Waals surface area contributed by atoms with Crippen molar-refractivity contribution in [2.24, 2.45) is 0 Å². The summed E-state index contributed by atoms with van der Waals surface area (Å²) in [6.07, 6.45) is 3.56. The van der Waals surface area contributed by atoms with Gasteiger partial charge in [0.1, 0.15) is 20.4 Å². The Morgan fingerprint density at radius 1 is 1.00 bits per heavy atom. The van der Waals surface area contributed by atoms with Crippen molar-refractivity contribution in [2.75, 3.05) is 57.6 Å². The van der Waals surface area contributed by atoms with Crippen molar-refractivity contribution >= 4 is 18.1 Å². The number of hydrogen-bond donors (Lipinski definition) is 1. The van der Waals surface area contributed by atoms with E-state index in [0.29, 0.717) is 48.8 Å². The average molecular weight is 352 g/mol. The van der Waals surface area contributed by atoms with Crippen molar-refractivity contribution in [3.8, 4) is 11.5 Å². The first kappa shape index (κ1) is 16.2. The van der Waals surface area contributed by atoms with Crippen LogP contribution in [0.2, 0.25) is 0 Å². The molecule has 0 amide bonds. The number of benzene rings is 1. The predicted octanol–water partition coefficient (Wildman–Crippen LogP) is 1.52. The highest BCUT2D eigenvalue weighted by Gasteiger charge is 2.37. The van der Waals surface area contributed by atoms with Crippen LogP contribution in [0.25, 0.3) is 0 Å². The van der Waals surface area contributed by atoms with E-state index in [1.807, 2.05) is 6.07 Å². The second-order valence-corrected chi connectivity index (χ2v) is 9.90. The molecule has 7 heteroatoms. The molecule has 0 atom stereocenters. The fraction of sp³-hybridized carbons (Fsp3) is 0.647. The minimum Gasteiger partial charge on any atom is -0.485 e. The fourth-order valence-electron chi connectivity index (χ4n) is 3.92. The number of nitrogen functional groups attached to an aromatic ring is 1. The van der Waals surface area contributed by atoms with Crippen LogP contribution in [0.4, 0.5) is 5.69 Å². The SMILES string of the molecule is Nc1ccc(P2(=O)CCN(C3CCOCC3)CC2)c2c1OCCO2. The number of fused-ring (bicyclic) bond motifs is 1. The lowest BCUT2D eigenvalue weighted by Gasteiger charge is -2.39. The highest BCUT2D eigenvalue weighted by molar-refractivity contribution is 7.71. The third-order valence-corrected chi connectivity index (χ3v) is 8.42. The van der Waals surface area contributed by atoms with Crippen LogP contribution in [0.15, 0.2) is 12.1 Å². The van der Waals surface area contributed by atoms with E-state index in [0.717, 1.165) is 44.4 Å². The largest absolute Gasteiger partial charge is 0.485 e. The van der Waals surface area contributed by atoms with Crippen LogP contribution in [0.3, 0.4) is 0 Å². The molecule has 0 bridgehead atoms. The van der Waals surface area contributed by atoms with Crippen LogP contribution < -0.4 is 20.5 Å². The molecule has 0 aromatic heterocycles. The van der Waals surface area contributed by atoms with Gasteiger partial charge in [-0.2, -0.15) is 0 Å². The average Bonchev–Trinajstić information content (AvgIpc) is 2.63. The van der Waals surface area contributed by atoms with Gasteiger partial charge in [0.2, 0.25) is 0 Å². The zero-order valence-corrected chi connectivity index (χ0v) is 14.8. The van der Waals surface area contributed by atoms with Gasteiger partial charge in [-0.15, -0.1) is 0 Å². The molecule has 3 heterocycles. The maximum Gasteiger partial charge on any atom is 0.185 e. The van der Waals surface area contributed by atoms with Crippen molar-refractivity contribution in [1.29, 1.82) is 0 Å². The van der Waals surface area contributed by atoms with Gasteiger partial charge in [-0.1, -0.05) is 0 Å². The molecule has 1 aromatic rings. The van der Waals surface area contributed by atoms with E-state index in [1.54, 1.807) is 6.07 Å². The number of rotatable bonds is 2. The van der Waals surface area contributed by atoms with E-state index in [2.05, 4.69) is 4.90 Å². The molecule has 0 saturated carbocycles. The summed E-state index contributed by atoms with van der Waals surface area (Å²) in [5, 5.41) is 0.818. The minimum atomic E-state index is -2.47. The van der Waals surface area contributed by atoms with E-state index in [9.17, 15) is 4.57 Å². The smallest absolute Gasteiger partial charge is 0.185 e. The molecule has 4 rings (SSSR count). The Kier molecular flexibility index (Phi) is 4.46. The quantitative estimate of drug-likeness (QED) is 0.643. The third kappa shape index (κ3) is 2.92. The summed E-state index contributed by atoms with van der Waals surface area (Å²) in [7, 11) is -2.47. The minimum absolute atomic E-state index is 0.484. The Labute approximate surface area is 142 Å². The number of nitrogens with two attached hydrogens (primary N) is 1. The van der Waals surface area contributed by atoms with Crippen LogP contribution in [-0.2, 0) is 9.30 Å². The van der Waals surface area contributed by atoms with Gasteiger partial charge in [0.15, 0.2) is 11.5 Å². The van der Waals surface area contributed by atoms with Gasteiger partial charge in [-0.25, -0.2) is 0 Å². The molecule has 2 N–H and O–H groups in total. The number of nitrogens with zero attached hydrogens (tertiary/aromatic N) is 1. The Hall–Kier alpha value is -1.23. The molecular formula is C17H25N2O4P. The summed E-state index contributed by atoms with van der Waals surface area (Å²) in [5.41, 5.74) is 6.54. The number of ether oxygens (including phenoxy) is 3. The normalized spacial score (nSPS) is 24.7. The summed E-state index contributed by atoms with van der Waals surface area (Å²) in [6, 6.07) is 4.26. The maximum absolute atomic E-state index is 13.6. The van der Waals surface area contributed by atoms with Gasteiger partial charge in [0.05, 0.1) is 11.0 Å². The van der Waals surface area contributed by atoms with Crippen molar-refractivity contribution in [3.05, 3.63) is 12.1 Å². The van der Waals surface area contributed by atoms with Crippen molar-refractivity contribution < 1.29 is 18.8 Å². The predicted molar refractivity (Wildman–Crippen MR) is 94.2 cm³/mol. The van der Waals surface area contributed by atoms with Crippen LogP contribution in [0, 0.1) is 0 Å². The molecule has 0 unspecified atom stereocenters. The first-order chi connectivity index (χ1) is 11.7. The number of hydrogen-bond acceptors (Lipinski definition) is 6. The van der Waals surface area contributed by atoms with Crippen LogP contribution in [0.5, 0.6) is 11.5 Å². The van der Waals surface area contributed by atoms with E-state index in [4.69, 9.17) is 19.9 Å². The van der Waals surface area contributed by atoms with E-state index < -0.39 is 7.14 Å². The van der Waals surface area contributed by atoms with E-state index in [1.165, 1.54) is 0 Å². The number of anilines is 1. The second-order valence-electron chi connectivity index (χ2n) is 6.75. The summed E-state index contributed by atoms with van der Waals surface area (Å²) < 4.78 is 30.5. The van der Waals surface area contributed by atoms with Crippen molar-refractivity contribution in [3.63, 3.8) is 0 Å². The Balaban J connectivity index is 1.54. The Morgan fingerprint density at radius 2 is 1.67 bits per heavy atom. The maximum atomic E-state index is 13.6. The van der Waals surface area contributed by atoms with Crippen LogP contribution in [-0.4, -0.2) is 62.8 Å². The van der Waals surface area contributed by atoms with Gasteiger partial charge in [0, 0.05) is 44.7 Å². The fourth-order valence-corrected chi connectivity index (χ4v) is 6.67. The molecule has 24 heavy (non-hydrogen) atoms. The molecule has 1 aromatic carbocycles. The van der Waals surface area contributed by atoms with Crippen LogP contribution >= 0.6 is 7.14 Å². The van der Waals surface area contributed by atoms with E-state index >= 15 is 0 Å². The highest BCUT2D eigenvalue weighted by Crippen LogP contribution is 2.52. The van der Waals surface area contributed by atoms with Gasteiger partial charge in [0.25, 0.3) is 0 Å². The molecule has 3 aliphatic rings. The lowest BCUT2D eigenvalue weighted by Crippen LogP contribution is -2.46. The molecular weight excluding hydrogens is 327 g/mol. The monoisotopic (exact) mass is 352 g/mol. The third-order valence-electron chi connectivity index (χ3n) is 5.34. The zero-order valence-electron chi connectivity index (χ0n) is 13.9. The van der Waals surface area contributed by atoms with Crippen LogP contribution in [0.1, 0.15) is 12.8 Å². The molecule has 0 aliphatic carbocycles. The lowest BCUT2D eigenvalue weighted by molar-refractivity contribution is 0.0370. The molecule has 2 saturated heterocycles. The molecule has 0 radical (unpaired) electrons. The second kappa shape index (κ2) is 6.58. The molecule has 3 aliphatic heterocycles. The molecule has 0 spiro atoms. The summed E-state index contributed by atoms with van der Waals surface area (Å²) in [5.74, 6) is 1.19.